The Kier molecular flexibility index (Phi) is 4.02. The number of ketones is 1. The first-order valence-electron chi connectivity index (χ1n) is 7.34. The highest BCUT2D eigenvalue weighted by molar-refractivity contribution is 6.08. The molecule has 0 radical (unpaired) electrons. The number of hydrogen-bond donors (Lipinski definition) is 0. The molecule has 23 heavy (non-hydrogen) atoms. The van der Waals surface area contributed by atoms with Crippen LogP contribution in [0.2, 0.25) is 0 Å². The third-order valence-corrected chi connectivity index (χ3v) is 3.79. The molecule has 1 amide bonds. The molecule has 0 saturated carbocycles. The van der Waals surface area contributed by atoms with Gasteiger partial charge in [0.05, 0.1) is 19.3 Å². The topological polar surface area (TPSA) is 55.8 Å². The minimum Gasteiger partial charge on any atom is -0.497 e. The number of carbonyl (C=O) groups is 2. The van der Waals surface area contributed by atoms with Gasteiger partial charge in [0.2, 0.25) is 0 Å². The highest BCUT2D eigenvalue weighted by atomic mass is 16.5. The zero-order valence-corrected chi connectivity index (χ0v) is 13.0. The molecule has 1 aliphatic rings. The Morgan fingerprint density at radius 1 is 1.17 bits per heavy atom. The first-order valence-corrected chi connectivity index (χ1v) is 7.34. The number of methoxy groups -OCH3 is 1. The first kappa shape index (κ1) is 15.1. The van der Waals surface area contributed by atoms with E-state index in [0.717, 1.165) is 0 Å². The predicted molar refractivity (Wildman–Crippen MR) is 86.2 cm³/mol. The van der Waals surface area contributed by atoms with Crippen LogP contribution in [0.5, 0.6) is 11.5 Å². The molecule has 1 unspecified atom stereocenters. The van der Waals surface area contributed by atoms with Crippen LogP contribution < -0.4 is 14.4 Å². The van der Waals surface area contributed by atoms with Crippen LogP contribution in [0, 0.1) is 0 Å². The molecule has 2 aromatic carbocycles. The summed E-state index contributed by atoms with van der Waals surface area (Å²) < 4.78 is 10.7. The van der Waals surface area contributed by atoms with Crippen LogP contribution in [0.3, 0.4) is 0 Å². The summed E-state index contributed by atoms with van der Waals surface area (Å²) in [5.41, 5.74) is 1.16. The fourth-order valence-electron chi connectivity index (χ4n) is 2.53. The van der Waals surface area contributed by atoms with Gasteiger partial charge in [0.1, 0.15) is 11.5 Å². The Morgan fingerprint density at radius 2 is 1.87 bits per heavy atom. The van der Waals surface area contributed by atoms with E-state index < -0.39 is 6.10 Å². The predicted octanol–water partition coefficient (Wildman–Crippen LogP) is 2.69. The number of para-hydroxylation sites is 2. The van der Waals surface area contributed by atoms with Crippen molar-refractivity contribution in [1.29, 1.82) is 0 Å². The highest BCUT2D eigenvalue weighted by Crippen LogP contribution is 2.33. The molecule has 118 valence electrons. The molecule has 0 aliphatic carbocycles. The second-order valence-corrected chi connectivity index (χ2v) is 5.30. The van der Waals surface area contributed by atoms with Gasteiger partial charge in [-0.15, -0.1) is 0 Å². The van der Waals surface area contributed by atoms with Crippen LogP contribution in [0.25, 0.3) is 0 Å². The zero-order chi connectivity index (χ0) is 16.4. The van der Waals surface area contributed by atoms with Gasteiger partial charge in [-0.3, -0.25) is 14.5 Å². The average molecular weight is 311 g/mol. The van der Waals surface area contributed by atoms with Gasteiger partial charge in [-0.1, -0.05) is 12.1 Å². The highest BCUT2D eigenvalue weighted by Gasteiger charge is 2.32. The largest absolute Gasteiger partial charge is 0.497 e. The van der Waals surface area contributed by atoms with Gasteiger partial charge in [0.15, 0.2) is 11.9 Å². The van der Waals surface area contributed by atoms with Crippen LogP contribution in [-0.2, 0) is 4.79 Å². The van der Waals surface area contributed by atoms with Crippen molar-refractivity contribution >= 4 is 17.4 Å². The summed E-state index contributed by atoms with van der Waals surface area (Å²) in [4.78, 5) is 26.4. The number of amides is 1. The second-order valence-electron chi connectivity index (χ2n) is 5.30. The van der Waals surface area contributed by atoms with E-state index in [-0.39, 0.29) is 18.2 Å². The van der Waals surface area contributed by atoms with Crippen LogP contribution in [0.15, 0.2) is 48.5 Å². The second kappa shape index (κ2) is 6.12. The number of fused-ring (bicyclic) bond motifs is 1. The molecular weight excluding hydrogens is 294 g/mol. The number of carbonyl (C=O) groups excluding carboxylic acids is 2. The molecule has 0 fully saturated rings. The molecule has 0 aromatic heterocycles. The monoisotopic (exact) mass is 311 g/mol. The Morgan fingerprint density at radius 3 is 2.57 bits per heavy atom. The number of benzene rings is 2. The van der Waals surface area contributed by atoms with Crippen molar-refractivity contribution in [2.24, 2.45) is 0 Å². The molecule has 0 N–H and O–H groups in total. The van der Waals surface area contributed by atoms with Gasteiger partial charge in [0.25, 0.3) is 5.91 Å². The van der Waals surface area contributed by atoms with Gasteiger partial charge >= 0.3 is 0 Å². The number of hydrogen-bond acceptors (Lipinski definition) is 4. The lowest BCUT2D eigenvalue weighted by Crippen LogP contribution is -2.46. The van der Waals surface area contributed by atoms with Crippen molar-refractivity contribution in [2.75, 3.05) is 18.6 Å². The smallest absolute Gasteiger partial charge is 0.268 e. The Hall–Kier alpha value is -2.82. The van der Waals surface area contributed by atoms with Crippen molar-refractivity contribution in [2.45, 2.75) is 13.0 Å². The number of Topliss-reactive ketones (excluding diaryl/α,β-unsaturated/α-hetero) is 1. The molecule has 5 heteroatoms. The molecule has 1 heterocycles. The molecule has 1 atom stereocenters. The van der Waals surface area contributed by atoms with Gasteiger partial charge in [-0.2, -0.15) is 0 Å². The van der Waals surface area contributed by atoms with E-state index in [1.807, 2.05) is 12.1 Å². The Bertz CT molecular complexity index is 739. The molecule has 0 spiro atoms. The van der Waals surface area contributed by atoms with E-state index in [1.165, 1.54) is 4.90 Å². The van der Waals surface area contributed by atoms with Crippen LogP contribution in [-0.4, -0.2) is 31.4 Å². The van der Waals surface area contributed by atoms with Crippen molar-refractivity contribution in [3.8, 4) is 11.5 Å². The molecule has 1 aliphatic heterocycles. The summed E-state index contributed by atoms with van der Waals surface area (Å²) in [7, 11) is 1.57. The van der Waals surface area contributed by atoms with Gasteiger partial charge in [-0.05, 0) is 43.3 Å². The van der Waals surface area contributed by atoms with E-state index in [1.54, 1.807) is 50.4 Å². The summed E-state index contributed by atoms with van der Waals surface area (Å²) >= 11 is 0. The van der Waals surface area contributed by atoms with E-state index in [2.05, 4.69) is 0 Å². The Balaban J connectivity index is 1.85. The normalized spacial score (nSPS) is 16.5. The first-order chi connectivity index (χ1) is 11.1. The minimum atomic E-state index is -0.603. The van der Waals surface area contributed by atoms with Crippen molar-refractivity contribution < 1.29 is 19.1 Å². The minimum absolute atomic E-state index is 0.0180. The number of anilines is 1. The number of rotatable bonds is 4. The SMILES string of the molecule is COc1ccc(C(=O)CN2C(=O)C(C)Oc3ccccc32)cc1. The maximum atomic E-state index is 12.5. The molecule has 2 aromatic rings. The van der Waals surface area contributed by atoms with Crippen molar-refractivity contribution in [1.82, 2.24) is 0 Å². The van der Waals surface area contributed by atoms with Gasteiger partial charge in [-0.25, -0.2) is 0 Å². The summed E-state index contributed by atoms with van der Waals surface area (Å²) in [6.07, 6.45) is -0.603. The van der Waals surface area contributed by atoms with E-state index in [9.17, 15) is 9.59 Å². The average Bonchev–Trinajstić information content (AvgIpc) is 2.59. The van der Waals surface area contributed by atoms with E-state index in [0.29, 0.717) is 22.7 Å². The third kappa shape index (κ3) is 2.90. The van der Waals surface area contributed by atoms with Gasteiger partial charge in [0, 0.05) is 5.56 Å². The van der Waals surface area contributed by atoms with Crippen LogP contribution >= 0.6 is 0 Å². The maximum Gasteiger partial charge on any atom is 0.268 e. The van der Waals surface area contributed by atoms with Crippen LogP contribution in [0.1, 0.15) is 17.3 Å². The Labute approximate surface area is 134 Å². The van der Waals surface area contributed by atoms with Crippen molar-refractivity contribution in [3.05, 3.63) is 54.1 Å². The number of nitrogens with zero attached hydrogens (tertiary/aromatic N) is 1. The fourth-order valence-corrected chi connectivity index (χ4v) is 2.53. The van der Waals surface area contributed by atoms with E-state index in [4.69, 9.17) is 9.47 Å². The maximum absolute atomic E-state index is 12.5. The zero-order valence-electron chi connectivity index (χ0n) is 13.0. The number of ether oxygens (including phenoxy) is 2. The lowest BCUT2D eigenvalue weighted by Gasteiger charge is -2.32. The molecule has 3 rings (SSSR count). The molecule has 0 saturated heterocycles. The lowest BCUT2D eigenvalue weighted by atomic mass is 10.1. The van der Waals surface area contributed by atoms with Gasteiger partial charge < -0.3 is 9.47 Å². The fraction of sp³-hybridized carbons (Fsp3) is 0.222. The summed E-state index contributed by atoms with van der Waals surface area (Å²) in [5.74, 6) is 0.945. The summed E-state index contributed by atoms with van der Waals surface area (Å²) in [6.45, 7) is 1.67. The third-order valence-electron chi connectivity index (χ3n) is 3.79. The molecule has 5 nitrogen and oxygen atoms in total. The van der Waals surface area contributed by atoms with E-state index >= 15 is 0 Å². The standard InChI is InChI=1S/C18H17NO4/c1-12-18(21)19(15-5-3-4-6-17(15)23-12)11-16(20)13-7-9-14(22-2)10-8-13/h3-10,12H,11H2,1-2H3. The summed E-state index contributed by atoms with van der Waals surface area (Å²) in [5, 5.41) is 0. The van der Waals surface area contributed by atoms with Crippen molar-refractivity contribution in [3.63, 3.8) is 0 Å². The summed E-state index contributed by atoms with van der Waals surface area (Å²) in [6, 6.07) is 14.1. The quantitative estimate of drug-likeness (QED) is 0.815. The molecular formula is C18H17NO4. The molecule has 0 bridgehead atoms. The lowest BCUT2D eigenvalue weighted by molar-refractivity contribution is -0.125. The van der Waals surface area contributed by atoms with Crippen LogP contribution in [0.4, 0.5) is 5.69 Å².